The van der Waals surface area contributed by atoms with E-state index in [-0.39, 0.29) is 5.43 Å². The molecule has 3 aromatic rings. The lowest BCUT2D eigenvalue weighted by atomic mass is 10.1. The summed E-state index contributed by atoms with van der Waals surface area (Å²) in [4.78, 5) is 12.7. The molecule has 22 heavy (non-hydrogen) atoms. The van der Waals surface area contributed by atoms with Gasteiger partial charge in [0.15, 0.2) is 0 Å². The van der Waals surface area contributed by atoms with E-state index in [1.807, 2.05) is 30.3 Å². The molecule has 0 atom stereocenters. The van der Waals surface area contributed by atoms with Gasteiger partial charge in [0.1, 0.15) is 24.2 Å². The first-order valence-corrected chi connectivity index (χ1v) is 7.12. The number of fused-ring (bicyclic) bond motifs is 1. The summed E-state index contributed by atoms with van der Waals surface area (Å²) in [7, 11) is 0. The number of rotatable bonds is 4. The van der Waals surface area contributed by atoms with Crippen molar-refractivity contribution in [3.8, 4) is 16.9 Å². The highest BCUT2D eigenvalue weighted by atomic mass is 35.5. The highest BCUT2D eigenvalue weighted by molar-refractivity contribution is 6.35. The quantitative estimate of drug-likeness (QED) is 0.657. The molecular formula is C18H13ClO3. The van der Waals surface area contributed by atoms with E-state index in [1.54, 1.807) is 18.2 Å². The molecule has 0 aliphatic rings. The zero-order chi connectivity index (χ0) is 15.5. The van der Waals surface area contributed by atoms with Crippen LogP contribution in [0.4, 0.5) is 0 Å². The van der Waals surface area contributed by atoms with E-state index in [0.29, 0.717) is 33.9 Å². The van der Waals surface area contributed by atoms with Crippen LogP contribution in [-0.2, 0) is 0 Å². The second-order valence-electron chi connectivity index (χ2n) is 4.72. The predicted molar refractivity (Wildman–Crippen MR) is 88.6 cm³/mol. The molecule has 3 nitrogen and oxygen atoms in total. The summed E-state index contributed by atoms with van der Waals surface area (Å²) in [6.07, 6.45) is 3.08. The molecule has 0 aliphatic carbocycles. The van der Waals surface area contributed by atoms with E-state index in [0.717, 1.165) is 5.56 Å². The maximum absolute atomic E-state index is 12.7. The van der Waals surface area contributed by atoms with Gasteiger partial charge in [-0.25, -0.2) is 0 Å². The lowest BCUT2D eigenvalue weighted by Crippen LogP contribution is -2.05. The zero-order valence-corrected chi connectivity index (χ0v) is 12.5. The fraction of sp³-hybridized carbons (Fsp3) is 0.0556. The van der Waals surface area contributed by atoms with Crippen molar-refractivity contribution in [2.45, 2.75) is 0 Å². The van der Waals surface area contributed by atoms with E-state index >= 15 is 0 Å². The van der Waals surface area contributed by atoms with Crippen LogP contribution in [0.3, 0.4) is 0 Å². The number of benzene rings is 2. The van der Waals surface area contributed by atoms with E-state index in [9.17, 15) is 4.79 Å². The van der Waals surface area contributed by atoms with Gasteiger partial charge in [-0.05, 0) is 11.6 Å². The second kappa shape index (κ2) is 6.08. The molecule has 0 fully saturated rings. The molecule has 1 aromatic heterocycles. The minimum atomic E-state index is -0.160. The Morgan fingerprint density at radius 2 is 2.00 bits per heavy atom. The van der Waals surface area contributed by atoms with Crippen LogP contribution >= 0.6 is 11.6 Å². The number of ether oxygens (including phenoxy) is 1. The Kier molecular flexibility index (Phi) is 3.98. The van der Waals surface area contributed by atoms with Gasteiger partial charge in [-0.15, -0.1) is 0 Å². The van der Waals surface area contributed by atoms with Crippen molar-refractivity contribution < 1.29 is 9.15 Å². The molecule has 0 saturated carbocycles. The molecule has 0 bridgehead atoms. The Bertz CT molecular complexity index is 882. The Labute approximate surface area is 132 Å². The summed E-state index contributed by atoms with van der Waals surface area (Å²) in [5.74, 6) is 0.535. The summed E-state index contributed by atoms with van der Waals surface area (Å²) in [5.41, 5.74) is 1.51. The first-order chi connectivity index (χ1) is 10.7. The average molecular weight is 313 g/mol. The lowest BCUT2D eigenvalue weighted by Gasteiger charge is -2.07. The van der Waals surface area contributed by atoms with Crippen molar-refractivity contribution in [3.63, 3.8) is 0 Å². The van der Waals surface area contributed by atoms with Gasteiger partial charge in [-0.3, -0.25) is 4.79 Å². The maximum Gasteiger partial charge on any atom is 0.202 e. The van der Waals surface area contributed by atoms with Crippen molar-refractivity contribution in [2.24, 2.45) is 0 Å². The topological polar surface area (TPSA) is 39.4 Å². The van der Waals surface area contributed by atoms with Crippen molar-refractivity contribution in [1.29, 1.82) is 0 Å². The Morgan fingerprint density at radius 1 is 1.23 bits per heavy atom. The Morgan fingerprint density at radius 3 is 2.73 bits per heavy atom. The van der Waals surface area contributed by atoms with Gasteiger partial charge in [-0.2, -0.15) is 0 Å². The molecule has 0 saturated heterocycles. The zero-order valence-electron chi connectivity index (χ0n) is 11.7. The Balaban J connectivity index is 2.18. The molecule has 0 radical (unpaired) electrons. The first-order valence-electron chi connectivity index (χ1n) is 6.75. The summed E-state index contributed by atoms with van der Waals surface area (Å²) in [6.45, 7) is 3.94. The van der Waals surface area contributed by atoms with Crippen molar-refractivity contribution >= 4 is 22.6 Å². The van der Waals surface area contributed by atoms with E-state index < -0.39 is 0 Å². The standard InChI is InChI=1S/C18H13ClO3/c1-2-8-21-13-9-15(19)17-16(10-13)22-11-14(18(17)20)12-6-4-3-5-7-12/h2-7,9-11H,1,8H2. The minimum absolute atomic E-state index is 0.160. The lowest BCUT2D eigenvalue weighted by molar-refractivity contribution is 0.363. The van der Waals surface area contributed by atoms with Gasteiger partial charge in [0.2, 0.25) is 5.43 Å². The molecule has 0 amide bonds. The van der Waals surface area contributed by atoms with Gasteiger partial charge in [0.05, 0.1) is 16.0 Å². The smallest absolute Gasteiger partial charge is 0.202 e. The largest absolute Gasteiger partial charge is 0.489 e. The second-order valence-corrected chi connectivity index (χ2v) is 5.13. The van der Waals surface area contributed by atoms with Gasteiger partial charge in [0.25, 0.3) is 0 Å². The minimum Gasteiger partial charge on any atom is -0.489 e. The number of hydrogen-bond donors (Lipinski definition) is 0. The van der Waals surface area contributed by atoms with E-state index in [2.05, 4.69) is 6.58 Å². The first kappa shape index (κ1) is 14.4. The van der Waals surface area contributed by atoms with Crippen LogP contribution in [0.1, 0.15) is 0 Å². The molecule has 2 aromatic carbocycles. The molecule has 110 valence electrons. The molecule has 3 rings (SSSR count). The molecule has 0 aliphatic heterocycles. The third kappa shape index (κ3) is 2.63. The van der Waals surface area contributed by atoms with Gasteiger partial charge >= 0.3 is 0 Å². The summed E-state index contributed by atoms with van der Waals surface area (Å²) >= 11 is 6.24. The van der Waals surface area contributed by atoms with Crippen LogP contribution in [-0.4, -0.2) is 6.61 Å². The molecule has 0 unspecified atom stereocenters. The highest BCUT2D eigenvalue weighted by Crippen LogP contribution is 2.29. The number of halogens is 1. The van der Waals surface area contributed by atoms with Crippen molar-refractivity contribution in [1.82, 2.24) is 0 Å². The van der Waals surface area contributed by atoms with Crippen molar-refractivity contribution in [2.75, 3.05) is 6.61 Å². The van der Waals surface area contributed by atoms with E-state index in [1.165, 1.54) is 6.26 Å². The van der Waals surface area contributed by atoms with E-state index in [4.69, 9.17) is 20.8 Å². The summed E-state index contributed by atoms with van der Waals surface area (Å²) in [6, 6.07) is 12.6. The van der Waals surface area contributed by atoms with Crippen molar-refractivity contribution in [3.05, 3.63) is 76.6 Å². The molecular weight excluding hydrogens is 300 g/mol. The Hall–Kier alpha value is -2.52. The number of hydrogen-bond acceptors (Lipinski definition) is 3. The van der Waals surface area contributed by atoms with Crippen LogP contribution in [0.5, 0.6) is 5.75 Å². The van der Waals surface area contributed by atoms with Gasteiger partial charge in [-0.1, -0.05) is 54.6 Å². The SMILES string of the molecule is C=CCOc1cc(Cl)c2c(=O)c(-c3ccccc3)coc2c1. The average Bonchev–Trinajstić information content (AvgIpc) is 2.53. The van der Waals surface area contributed by atoms with Crippen LogP contribution < -0.4 is 10.2 Å². The third-order valence-electron chi connectivity index (χ3n) is 3.26. The fourth-order valence-corrected chi connectivity index (χ4v) is 2.52. The predicted octanol–water partition coefficient (Wildman–Crippen LogP) is 4.68. The third-order valence-corrected chi connectivity index (χ3v) is 3.55. The molecule has 0 spiro atoms. The van der Waals surface area contributed by atoms with Crippen LogP contribution in [0.15, 0.2) is 70.6 Å². The van der Waals surface area contributed by atoms with Crippen LogP contribution in [0.25, 0.3) is 22.1 Å². The maximum atomic E-state index is 12.7. The molecule has 0 N–H and O–H groups in total. The normalized spacial score (nSPS) is 10.6. The monoisotopic (exact) mass is 312 g/mol. The van der Waals surface area contributed by atoms with Crippen LogP contribution in [0, 0.1) is 0 Å². The van der Waals surface area contributed by atoms with Gasteiger partial charge < -0.3 is 9.15 Å². The van der Waals surface area contributed by atoms with Gasteiger partial charge in [0, 0.05) is 6.07 Å². The highest BCUT2D eigenvalue weighted by Gasteiger charge is 2.13. The van der Waals surface area contributed by atoms with Crippen LogP contribution in [0.2, 0.25) is 5.02 Å². The fourth-order valence-electron chi connectivity index (χ4n) is 2.24. The summed E-state index contributed by atoms with van der Waals surface area (Å²) in [5, 5.41) is 0.664. The molecule has 1 heterocycles. The molecule has 4 heteroatoms. The summed E-state index contributed by atoms with van der Waals surface area (Å²) < 4.78 is 11.0.